The van der Waals surface area contributed by atoms with Gasteiger partial charge in [0.05, 0.1) is 0 Å². The second-order valence-corrected chi connectivity index (χ2v) is 3.05. The fourth-order valence-corrected chi connectivity index (χ4v) is 1.52. The third kappa shape index (κ3) is 1.51. The molecule has 0 atom stereocenters. The molecule has 0 aliphatic heterocycles. The fraction of sp³-hybridized carbons (Fsp3) is 0.750. The van der Waals surface area contributed by atoms with Crippen LogP contribution in [0.4, 0.5) is 0 Å². The molecule has 0 unspecified atom stereocenters. The molecule has 0 aromatic rings. The van der Waals surface area contributed by atoms with E-state index in [1.165, 1.54) is 37.0 Å². The van der Waals surface area contributed by atoms with Crippen LogP contribution in [0.25, 0.3) is 0 Å². The Kier molecular flexibility index (Phi) is 2.33. The van der Waals surface area contributed by atoms with Crippen LogP contribution in [0.2, 0.25) is 0 Å². The predicted octanol–water partition coefficient (Wildman–Crippen LogP) is 1.64. The number of hydrazine groups is 1. The number of hydrogen-bond donors (Lipinski definition) is 1. The second kappa shape index (κ2) is 3.06. The van der Waals surface area contributed by atoms with E-state index >= 15 is 0 Å². The fourth-order valence-electron chi connectivity index (χ4n) is 1.52. The molecule has 58 valence electrons. The topological polar surface area (TPSA) is 29.3 Å². The van der Waals surface area contributed by atoms with E-state index in [-0.39, 0.29) is 0 Å². The van der Waals surface area contributed by atoms with E-state index in [4.69, 9.17) is 5.84 Å². The summed E-state index contributed by atoms with van der Waals surface area (Å²) in [4.78, 5) is 0. The monoisotopic (exact) mass is 140 g/mol. The van der Waals surface area contributed by atoms with E-state index in [1.807, 2.05) is 7.05 Å². The maximum absolute atomic E-state index is 5.63. The molecule has 2 N–H and O–H groups in total. The Morgan fingerprint density at radius 2 is 1.90 bits per heavy atom. The lowest BCUT2D eigenvalue weighted by Gasteiger charge is -2.23. The molecule has 0 spiro atoms. The van der Waals surface area contributed by atoms with Crippen molar-refractivity contribution in [3.05, 3.63) is 11.3 Å². The van der Waals surface area contributed by atoms with Crippen LogP contribution < -0.4 is 5.84 Å². The van der Waals surface area contributed by atoms with Crippen molar-refractivity contribution in [2.45, 2.75) is 32.6 Å². The smallest absolute Gasteiger partial charge is 0.0277 e. The minimum atomic E-state index is 1.17. The number of allylic oxidation sites excluding steroid dienone is 2. The standard InChI is InChI=1S/C8H16N2/c1-7-5-3-4-6-8(7)10(2)9/h3-6,9H2,1-2H3. The van der Waals surface area contributed by atoms with Gasteiger partial charge in [-0.05, 0) is 32.6 Å². The highest BCUT2D eigenvalue weighted by Crippen LogP contribution is 2.24. The first-order valence-electron chi connectivity index (χ1n) is 3.89. The largest absolute Gasteiger partial charge is 0.318 e. The Labute approximate surface area is 62.7 Å². The molecule has 0 radical (unpaired) electrons. The first kappa shape index (κ1) is 7.61. The van der Waals surface area contributed by atoms with Crippen LogP contribution in [-0.4, -0.2) is 12.1 Å². The molecule has 10 heavy (non-hydrogen) atoms. The zero-order valence-electron chi connectivity index (χ0n) is 6.85. The molecule has 0 aromatic heterocycles. The normalized spacial score (nSPS) is 19.5. The summed E-state index contributed by atoms with van der Waals surface area (Å²) in [5, 5.41) is 1.76. The van der Waals surface area contributed by atoms with Gasteiger partial charge in [0, 0.05) is 12.7 Å². The number of nitrogens with two attached hydrogens (primary N) is 1. The van der Waals surface area contributed by atoms with Gasteiger partial charge in [-0.1, -0.05) is 5.57 Å². The highest BCUT2D eigenvalue weighted by atomic mass is 15.4. The van der Waals surface area contributed by atoms with Gasteiger partial charge in [0.1, 0.15) is 0 Å². The lowest BCUT2D eigenvalue weighted by molar-refractivity contribution is 0.395. The van der Waals surface area contributed by atoms with Crippen molar-refractivity contribution in [3.8, 4) is 0 Å². The molecule has 1 aliphatic rings. The van der Waals surface area contributed by atoms with Gasteiger partial charge in [0.25, 0.3) is 0 Å². The quantitative estimate of drug-likeness (QED) is 0.443. The highest BCUT2D eigenvalue weighted by molar-refractivity contribution is 5.12. The van der Waals surface area contributed by atoms with Crippen molar-refractivity contribution in [1.29, 1.82) is 0 Å². The second-order valence-electron chi connectivity index (χ2n) is 3.05. The van der Waals surface area contributed by atoms with E-state index in [1.54, 1.807) is 5.01 Å². The molecule has 1 aliphatic carbocycles. The first-order valence-corrected chi connectivity index (χ1v) is 3.89. The molecule has 0 bridgehead atoms. The molecule has 0 heterocycles. The molecule has 0 saturated carbocycles. The molecule has 2 nitrogen and oxygen atoms in total. The first-order chi connectivity index (χ1) is 4.72. The van der Waals surface area contributed by atoms with Crippen LogP contribution in [0.3, 0.4) is 0 Å². The summed E-state index contributed by atoms with van der Waals surface area (Å²) in [6, 6.07) is 0. The van der Waals surface area contributed by atoms with Crippen LogP contribution >= 0.6 is 0 Å². The zero-order chi connectivity index (χ0) is 7.56. The van der Waals surface area contributed by atoms with Gasteiger partial charge in [0.15, 0.2) is 0 Å². The van der Waals surface area contributed by atoms with Gasteiger partial charge in [-0.2, -0.15) is 0 Å². The summed E-state index contributed by atoms with van der Waals surface area (Å²) in [5.41, 5.74) is 2.81. The minimum absolute atomic E-state index is 1.17. The van der Waals surface area contributed by atoms with Crippen molar-refractivity contribution < 1.29 is 0 Å². The van der Waals surface area contributed by atoms with E-state index < -0.39 is 0 Å². The number of rotatable bonds is 1. The summed E-state index contributed by atoms with van der Waals surface area (Å²) in [7, 11) is 1.92. The van der Waals surface area contributed by atoms with Gasteiger partial charge in [0.2, 0.25) is 0 Å². The predicted molar refractivity (Wildman–Crippen MR) is 43.1 cm³/mol. The van der Waals surface area contributed by atoms with Crippen LogP contribution in [0.15, 0.2) is 11.3 Å². The summed E-state index contributed by atoms with van der Waals surface area (Å²) < 4.78 is 0. The Bertz CT molecular complexity index is 147. The molecule has 0 saturated heterocycles. The third-order valence-electron chi connectivity index (χ3n) is 2.13. The zero-order valence-corrected chi connectivity index (χ0v) is 6.85. The number of hydrogen-bond acceptors (Lipinski definition) is 2. The average Bonchev–Trinajstić information content (AvgIpc) is 1.88. The van der Waals surface area contributed by atoms with Crippen molar-refractivity contribution in [2.75, 3.05) is 7.05 Å². The van der Waals surface area contributed by atoms with Gasteiger partial charge in [-0.3, -0.25) is 0 Å². The van der Waals surface area contributed by atoms with Gasteiger partial charge >= 0.3 is 0 Å². The lowest BCUT2D eigenvalue weighted by atomic mass is 9.97. The number of nitrogens with zero attached hydrogens (tertiary/aromatic N) is 1. The maximum Gasteiger partial charge on any atom is 0.0277 e. The van der Waals surface area contributed by atoms with Crippen molar-refractivity contribution in [2.24, 2.45) is 5.84 Å². The summed E-state index contributed by atoms with van der Waals surface area (Å²) >= 11 is 0. The summed E-state index contributed by atoms with van der Waals surface area (Å²) in [5.74, 6) is 5.63. The van der Waals surface area contributed by atoms with E-state index in [9.17, 15) is 0 Å². The lowest BCUT2D eigenvalue weighted by Crippen LogP contribution is -2.27. The molecular formula is C8H16N2. The Balaban J connectivity index is 2.68. The summed E-state index contributed by atoms with van der Waals surface area (Å²) in [6.45, 7) is 2.18. The average molecular weight is 140 g/mol. The van der Waals surface area contributed by atoms with Crippen LogP contribution in [0.1, 0.15) is 32.6 Å². The van der Waals surface area contributed by atoms with E-state index in [0.29, 0.717) is 0 Å². The Morgan fingerprint density at radius 1 is 1.30 bits per heavy atom. The molecule has 1 rings (SSSR count). The highest BCUT2D eigenvalue weighted by Gasteiger charge is 2.09. The van der Waals surface area contributed by atoms with Crippen LogP contribution in [0, 0.1) is 0 Å². The van der Waals surface area contributed by atoms with Crippen LogP contribution in [-0.2, 0) is 0 Å². The van der Waals surface area contributed by atoms with Gasteiger partial charge in [-0.25, -0.2) is 5.84 Å². The molecule has 0 aromatic carbocycles. The third-order valence-corrected chi connectivity index (χ3v) is 2.13. The molecule has 0 fully saturated rings. The molecular weight excluding hydrogens is 124 g/mol. The van der Waals surface area contributed by atoms with E-state index in [0.717, 1.165) is 0 Å². The van der Waals surface area contributed by atoms with Crippen molar-refractivity contribution in [1.82, 2.24) is 5.01 Å². The maximum atomic E-state index is 5.63. The van der Waals surface area contributed by atoms with Gasteiger partial charge in [-0.15, -0.1) is 0 Å². The van der Waals surface area contributed by atoms with Crippen molar-refractivity contribution >= 4 is 0 Å². The van der Waals surface area contributed by atoms with Gasteiger partial charge < -0.3 is 5.01 Å². The van der Waals surface area contributed by atoms with Crippen molar-refractivity contribution in [3.63, 3.8) is 0 Å². The Hall–Kier alpha value is -0.500. The SMILES string of the molecule is CC1=C(N(C)N)CCCC1. The Morgan fingerprint density at radius 3 is 2.30 bits per heavy atom. The minimum Gasteiger partial charge on any atom is -0.318 e. The molecule has 0 amide bonds. The van der Waals surface area contributed by atoms with E-state index in [2.05, 4.69) is 6.92 Å². The molecule has 2 heteroatoms. The van der Waals surface area contributed by atoms with Crippen LogP contribution in [0.5, 0.6) is 0 Å². The summed E-state index contributed by atoms with van der Waals surface area (Å²) in [6.07, 6.45) is 5.03.